The van der Waals surface area contributed by atoms with Crippen LogP contribution in [0.2, 0.25) is 0 Å². The van der Waals surface area contributed by atoms with Gasteiger partial charge >= 0.3 is 0 Å². The molecule has 1 aliphatic heterocycles. The average molecular weight is 186 g/mol. The van der Waals surface area contributed by atoms with Gasteiger partial charge in [-0.3, -0.25) is 11.3 Å². The summed E-state index contributed by atoms with van der Waals surface area (Å²) in [7, 11) is 0. The van der Waals surface area contributed by atoms with Crippen LogP contribution in [-0.4, -0.2) is 18.8 Å². The summed E-state index contributed by atoms with van der Waals surface area (Å²) in [5, 5.41) is 0. The molecule has 1 aliphatic rings. The highest BCUT2D eigenvalue weighted by Crippen LogP contribution is 2.27. The van der Waals surface area contributed by atoms with Crippen LogP contribution in [0.3, 0.4) is 0 Å². The SMILES string of the molecule is CC(C)(C)C(NN)C1CCCCO1. The molecule has 0 bridgehead atoms. The number of ether oxygens (including phenoxy) is 1. The first-order valence-electron chi connectivity index (χ1n) is 5.13. The van der Waals surface area contributed by atoms with Gasteiger partial charge in [0, 0.05) is 6.61 Å². The van der Waals surface area contributed by atoms with Crippen molar-refractivity contribution in [1.29, 1.82) is 0 Å². The van der Waals surface area contributed by atoms with Crippen molar-refractivity contribution >= 4 is 0 Å². The summed E-state index contributed by atoms with van der Waals surface area (Å²) in [6, 6.07) is 0.257. The van der Waals surface area contributed by atoms with Gasteiger partial charge in [0.2, 0.25) is 0 Å². The van der Waals surface area contributed by atoms with E-state index in [1.165, 1.54) is 12.8 Å². The molecule has 1 heterocycles. The molecule has 0 aromatic rings. The normalized spacial score (nSPS) is 27.2. The molecule has 0 aromatic carbocycles. The molecule has 0 saturated carbocycles. The van der Waals surface area contributed by atoms with Crippen molar-refractivity contribution in [2.75, 3.05) is 6.61 Å². The molecule has 0 spiro atoms. The van der Waals surface area contributed by atoms with Crippen molar-refractivity contribution in [3.63, 3.8) is 0 Å². The molecule has 0 radical (unpaired) electrons. The van der Waals surface area contributed by atoms with E-state index in [0.717, 1.165) is 13.0 Å². The molecule has 3 heteroatoms. The maximum absolute atomic E-state index is 5.71. The molecule has 0 aliphatic carbocycles. The predicted molar refractivity (Wildman–Crippen MR) is 54.2 cm³/mol. The minimum Gasteiger partial charge on any atom is -0.377 e. The fourth-order valence-corrected chi connectivity index (χ4v) is 1.94. The van der Waals surface area contributed by atoms with E-state index < -0.39 is 0 Å². The van der Waals surface area contributed by atoms with Crippen molar-refractivity contribution in [3.8, 4) is 0 Å². The second-order valence-corrected chi connectivity index (χ2v) is 4.92. The number of nitrogens with one attached hydrogen (secondary N) is 1. The maximum atomic E-state index is 5.71. The molecule has 78 valence electrons. The second kappa shape index (κ2) is 4.40. The molecule has 3 N–H and O–H groups in total. The molecule has 3 nitrogen and oxygen atoms in total. The Morgan fingerprint density at radius 1 is 1.38 bits per heavy atom. The largest absolute Gasteiger partial charge is 0.377 e. The summed E-state index contributed by atoms with van der Waals surface area (Å²) in [6.45, 7) is 7.46. The highest BCUT2D eigenvalue weighted by molar-refractivity contribution is 4.87. The van der Waals surface area contributed by atoms with Gasteiger partial charge in [0.1, 0.15) is 0 Å². The van der Waals surface area contributed by atoms with Gasteiger partial charge in [0.15, 0.2) is 0 Å². The second-order valence-electron chi connectivity index (χ2n) is 4.92. The van der Waals surface area contributed by atoms with Crippen LogP contribution in [-0.2, 0) is 4.74 Å². The Kier molecular flexibility index (Phi) is 3.71. The first-order valence-corrected chi connectivity index (χ1v) is 5.13. The molecule has 0 amide bonds. The van der Waals surface area contributed by atoms with Crippen molar-refractivity contribution in [3.05, 3.63) is 0 Å². The van der Waals surface area contributed by atoms with E-state index in [9.17, 15) is 0 Å². The quantitative estimate of drug-likeness (QED) is 0.506. The fraction of sp³-hybridized carbons (Fsp3) is 1.00. The Hall–Kier alpha value is -0.120. The van der Waals surface area contributed by atoms with Crippen molar-refractivity contribution in [1.82, 2.24) is 5.43 Å². The third-order valence-electron chi connectivity index (χ3n) is 2.70. The monoisotopic (exact) mass is 186 g/mol. The van der Waals surface area contributed by atoms with Gasteiger partial charge in [0.25, 0.3) is 0 Å². The van der Waals surface area contributed by atoms with E-state index in [-0.39, 0.29) is 11.5 Å². The van der Waals surface area contributed by atoms with Crippen LogP contribution in [0.15, 0.2) is 0 Å². The van der Waals surface area contributed by atoms with Crippen molar-refractivity contribution in [2.45, 2.75) is 52.2 Å². The number of hydrogen-bond donors (Lipinski definition) is 2. The Bertz CT molecular complexity index is 147. The Labute approximate surface area is 81.0 Å². The van der Waals surface area contributed by atoms with Gasteiger partial charge in [0.05, 0.1) is 12.1 Å². The molecular weight excluding hydrogens is 164 g/mol. The van der Waals surface area contributed by atoms with Crippen LogP contribution < -0.4 is 11.3 Å². The zero-order valence-corrected chi connectivity index (χ0v) is 8.97. The van der Waals surface area contributed by atoms with E-state index in [0.29, 0.717) is 6.10 Å². The van der Waals surface area contributed by atoms with Gasteiger partial charge in [-0.1, -0.05) is 20.8 Å². The highest BCUT2D eigenvalue weighted by Gasteiger charge is 2.32. The summed E-state index contributed by atoms with van der Waals surface area (Å²) in [5.41, 5.74) is 3.05. The number of hydrogen-bond acceptors (Lipinski definition) is 3. The first-order chi connectivity index (χ1) is 6.05. The van der Waals surface area contributed by atoms with Gasteiger partial charge < -0.3 is 4.74 Å². The average Bonchev–Trinajstić information content (AvgIpc) is 2.05. The lowest BCUT2D eigenvalue weighted by molar-refractivity contribution is -0.0327. The zero-order chi connectivity index (χ0) is 9.90. The van der Waals surface area contributed by atoms with Crippen LogP contribution in [0.4, 0.5) is 0 Å². The minimum absolute atomic E-state index is 0.163. The van der Waals surface area contributed by atoms with Gasteiger partial charge in [-0.2, -0.15) is 0 Å². The molecule has 1 rings (SSSR count). The van der Waals surface area contributed by atoms with Gasteiger partial charge in [-0.15, -0.1) is 0 Å². The predicted octanol–water partition coefficient (Wildman–Crippen LogP) is 1.43. The number of nitrogens with two attached hydrogens (primary N) is 1. The summed E-state index contributed by atoms with van der Waals surface area (Å²) in [5.74, 6) is 5.56. The Balaban J connectivity index is 2.54. The fourth-order valence-electron chi connectivity index (χ4n) is 1.94. The summed E-state index contributed by atoms with van der Waals surface area (Å²) >= 11 is 0. The summed E-state index contributed by atoms with van der Waals surface area (Å²) in [4.78, 5) is 0. The Morgan fingerprint density at radius 3 is 2.46 bits per heavy atom. The van der Waals surface area contributed by atoms with Gasteiger partial charge in [-0.05, 0) is 24.7 Å². The number of hydrazine groups is 1. The number of rotatable bonds is 2. The van der Waals surface area contributed by atoms with E-state index in [1.807, 2.05) is 0 Å². The standard InChI is InChI=1S/C10H22N2O/c1-10(2,3)9(12-11)8-6-4-5-7-13-8/h8-9,12H,4-7,11H2,1-3H3. The third-order valence-corrected chi connectivity index (χ3v) is 2.70. The van der Waals surface area contributed by atoms with Crippen LogP contribution in [0.1, 0.15) is 40.0 Å². The van der Waals surface area contributed by atoms with Crippen LogP contribution in [0, 0.1) is 5.41 Å². The first kappa shape index (κ1) is 11.0. The van der Waals surface area contributed by atoms with E-state index >= 15 is 0 Å². The topological polar surface area (TPSA) is 47.3 Å². The lowest BCUT2D eigenvalue weighted by atomic mass is 9.82. The Morgan fingerprint density at radius 2 is 2.08 bits per heavy atom. The smallest absolute Gasteiger partial charge is 0.0746 e. The third kappa shape index (κ3) is 2.93. The molecule has 2 atom stereocenters. The van der Waals surface area contributed by atoms with E-state index in [1.54, 1.807) is 0 Å². The van der Waals surface area contributed by atoms with Crippen molar-refractivity contribution < 1.29 is 4.74 Å². The van der Waals surface area contributed by atoms with E-state index in [4.69, 9.17) is 10.6 Å². The lowest BCUT2D eigenvalue weighted by Gasteiger charge is -2.38. The molecule has 1 saturated heterocycles. The van der Waals surface area contributed by atoms with Crippen LogP contribution in [0.25, 0.3) is 0 Å². The molecular formula is C10H22N2O. The summed E-state index contributed by atoms with van der Waals surface area (Å²) < 4.78 is 5.71. The van der Waals surface area contributed by atoms with Crippen LogP contribution >= 0.6 is 0 Å². The highest BCUT2D eigenvalue weighted by atomic mass is 16.5. The molecule has 2 unspecified atom stereocenters. The van der Waals surface area contributed by atoms with Crippen molar-refractivity contribution in [2.24, 2.45) is 11.3 Å². The lowest BCUT2D eigenvalue weighted by Crippen LogP contribution is -2.53. The van der Waals surface area contributed by atoms with Gasteiger partial charge in [-0.25, -0.2) is 0 Å². The summed E-state index contributed by atoms with van der Waals surface area (Å²) in [6.07, 6.45) is 3.88. The molecule has 0 aromatic heterocycles. The molecule has 13 heavy (non-hydrogen) atoms. The van der Waals surface area contributed by atoms with Crippen LogP contribution in [0.5, 0.6) is 0 Å². The minimum atomic E-state index is 0.163. The maximum Gasteiger partial charge on any atom is 0.0746 e. The van der Waals surface area contributed by atoms with E-state index in [2.05, 4.69) is 26.2 Å². The zero-order valence-electron chi connectivity index (χ0n) is 8.97. The molecule has 1 fully saturated rings.